The first-order chi connectivity index (χ1) is 12.0. The van der Waals surface area contributed by atoms with Crippen LogP contribution in [-0.4, -0.2) is 34.6 Å². The highest BCUT2D eigenvalue weighted by molar-refractivity contribution is 6.32. The first-order valence-corrected chi connectivity index (χ1v) is 8.17. The second-order valence-corrected chi connectivity index (χ2v) is 5.93. The fraction of sp³-hybridized carbons (Fsp3) is 0.375. The number of H-pyrrole nitrogens is 1. The molecule has 1 heterocycles. The van der Waals surface area contributed by atoms with E-state index in [2.05, 4.69) is 39.6 Å². The Bertz CT molecular complexity index is 792. The van der Waals surface area contributed by atoms with E-state index in [1.807, 2.05) is 6.92 Å². The van der Waals surface area contributed by atoms with Crippen LogP contribution in [0.3, 0.4) is 0 Å². The van der Waals surface area contributed by atoms with E-state index in [1.54, 1.807) is 12.1 Å². The van der Waals surface area contributed by atoms with Gasteiger partial charge in [-0.25, -0.2) is 5.43 Å². The zero-order valence-corrected chi connectivity index (χ0v) is 15.0. The molecule has 0 radical (unpaired) electrons. The van der Waals surface area contributed by atoms with Crippen LogP contribution in [0.25, 0.3) is 0 Å². The molecule has 25 heavy (non-hydrogen) atoms. The number of hydrazone groups is 1. The largest absolute Gasteiger partial charge is 0.490 e. The van der Waals surface area contributed by atoms with Crippen molar-refractivity contribution in [1.82, 2.24) is 15.2 Å². The molecule has 134 valence electrons. The van der Waals surface area contributed by atoms with Gasteiger partial charge >= 0.3 is 0 Å². The van der Waals surface area contributed by atoms with Gasteiger partial charge in [0.15, 0.2) is 11.5 Å². The van der Waals surface area contributed by atoms with Gasteiger partial charge in [-0.1, -0.05) is 25.4 Å². The molecular weight excluding hydrogens is 346 g/mol. The lowest BCUT2D eigenvalue weighted by atomic mass is 10.2. The molecule has 0 unspecified atom stereocenters. The van der Waals surface area contributed by atoms with Crippen molar-refractivity contribution in [2.75, 3.05) is 18.6 Å². The molecule has 0 spiro atoms. The maximum atomic E-state index is 11.1. The highest BCUT2D eigenvalue weighted by Gasteiger charge is 2.12. The molecule has 1 aromatic carbocycles. The topological polar surface area (TPSA) is 101 Å². The van der Waals surface area contributed by atoms with E-state index in [-0.39, 0.29) is 11.5 Å². The predicted octanol–water partition coefficient (Wildman–Crippen LogP) is 2.70. The first kappa shape index (κ1) is 18.7. The number of halogens is 1. The van der Waals surface area contributed by atoms with Gasteiger partial charge in [-0.3, -0.25) is 9.78 Å². The molecule has 9 heteroatoms. The monoisotopic (exact) mass is 365 g/mol. The highest BCUT2D eigenvalue weighted by Crippen LogP contribution is 2.36. The summed E-state index contributed by atoms with van der Waals surface area (Å²) in [5.74, 6) is 1.56. The molecule has 0 aliphatic rings. The van der Waals surface area contributed by atoms with E-state index in [4.69, 9.17) is 21.1 Å². The summed E-state index contributed by atoms with van der Waals surface area (Å²) in [4.78, 5) is 13.6. The van der Waals surface area contributed by atoms with Gasteiger partial charge in [0.25, 0.3) is 5.56 Å². The molecule has 2 rings (SSSR count). The van der Waals surface area contributed by atoms with Gasteiger partial charge in [0.1, 0.15) is 6.20 Å². The van der Waals surface area contributed by atoms with E-state index in [1.165, 1.54) is 6.21 Å². The Hall–Kier alpha value is -2.61. The molecule has 0 saturated heterocycles. The fourth-order valence-electron chi connectivity index (χ4n) is 1.85. The number of hydrogen-bond donors (Lipinski definition) is 2. The van der Waals surface area contributed by atoms with Crippen LogP contribution in [0.1, 0.15) is 26.3 Å². The van der Waals surface area contributed by atoms with Gasteiger partial charge in [0.2, 0.25) is 5.95 Å². The number of ether oxygens (including phenoxy) is 2. The summed E-state index contributed by atoms with van der Waals surface area (Å²) in [6.45, 7) is 7.01. The van der Waals surface area contributed by atoms with E-state index in [0.717, 1.165) is 6.20 Å². The molecule has 8 nitrogen and oxygen atoms in total. The van der Waals surface area contributed by atoms with Crippen molar-refractivity contribution in [3.8, 4) is 11.5 Å². The molecule has 0 bridgehead atoms. The number of hydrogen-bond acceptors (Lipinski definition) is 7. The number of nitrogens with zero attached hydrogens (tertiary/aromatic N) is 3. The maximum Gasteiger partial charge on any atom is 0.271 e. The van der Waals surface area contributed by atoms with E-state index in [0.29, 0.717) is 41.2 Å². The standard InChI is InChI=1S/C16H20ClN5O3/c1-4-24-13-6-11(5-12(17)15(13)25-9-10(2)3)7-18-21-16-20-14(23)8-19-22-16/h5-8,10H,4,9H2,1-3H3,(H2,20,21,22,23)/b18-7+. The van der Waals surface area contributed by atoms with Crippen molar-refractivity contribution in [1.29, 1.82) is 0 Å². The van der Waals surface area contributed by atoms with Gasteiger partial charge in [-0.05, 0) is 30.5 Å². The first-order valence-electron chi connectivity index (χ1n) is 7.79. The zero-order valence-electron chi connectivity index (χ0n) is 14.2. The smallest absolute Gasteiger partial charge is 0.271 e. The maximum absolute atomic E-state index is 11.1. The summed E-state index contributed by atoms with van der Waals surface area (Å²) in [7, 11) is 0. The third-order valence-electron chi connectivity index (χ3n) is 2.85. The Morgan fingerprint density at radius 3 is 2.88 bits per heavy atom. The highest BCUT2D eigenvalue weighted by atomic mass is 35.5. The second kappa shape index (κ2) is 9.03. The summed E-state index contributed by atoms with van der Waals surface area (Å²) in [5, 5.41) is 11.6. The third-order valence-corrected chi connectivity index (χ3v) is 3.13. The van der Waals surface area contributed by atoms with E-state index in [9.17, 15) is 4.79 Å². The van der Waals surface area contributed by atoms with Crippen LogP contribution in [0, 0.1) is 5.92 Å². The minimum absolute atomic E-state index is 0.136. The lowest BCUT2D eigenvalue weighted by Crippen LogP contribution is -2.10. The summed E-state index contributed by atoms with van der Waals surface area (Å²) < 4.78 is 11.4. The molecule has 2 aromatic rings. The zero-order chi connectivity index (χ0) is 18.2. The van der Waals surface area contributed by atoms with Crippen molar-refractivity contribution in [3.05, 3.63) is 39.3 Å². The van der Waals surface area contributed by atoms with Crippen LogP contribution in [0.2, 0.25) is 5.02 Å². The van der Waals surface area contributed by atoms with Crippen LogP contribution in [-0.2, 0) is 0 Å². The van der Waals surface area contributed by atoms with Crippen molar-refractivity contribution in [2.24, 2.45) is 11.0 Å². The molecule has 0 fully saturated rings. The normalized spacial score (nSPS) is 11.1. The van der Waals surface area contributed by atoms with Crippen LogP contribution >= 0.6 is 11.6 Å². The summed E-state index contributed by atoms with van der Waals surface area (Å²) >= 11 is 6.31. The molecule has 1 aromatic heterocycles. The van der Waals surface area contributed by atoms with Gasteiger partial charge in [-0.15, -0.1) is 10.2 Å². The molecule has 0 saturated carbocycles. The Kier molecular flexibility index (Phi) is 6.76. The number of nitrogens with one attached hydrogen (secondary N) is 2. The fourth-order valence-corrected chi connectivity index (χ4v) is 2.12. The number of benzene rings is 1. The summed E-state index contributed by atoms with van der Waals surface area (Å²) in [6, 6.07) is 3.49. The Morgan fingerprint density at radius 1 is 1.40 bits per heavy atom. The molecule has 0 aliphatic carbocycles. The number of aromatic nitrogens is 3. The summed E-state index contributed by atoms with van der Waals surface area (Å²) in [6.07, 6.45) is 2.59. The predicted molar refractivity (Wildman–Crippen MR) is 96.8 cm³/mol. The average Bonchev–Trinajstić information content (AvgIpc) is 2.54. The van der Waals surface area contributed by atoms with Crippen molar-refractivity contribution >= 4 is 23.8 Å². The minimum atomic E-state index is -0.374. The Morgan fingerprint density at radius 2 is 2.20 bits per heavy atom. The Labute approximate surface area is 150 Å². The van der Waals surface area contributed by atoms with Crippen LogP contribution < -0.4 is 20.5 Å². The number of anilines is 1. The van der Waals surface area contributed by atoms with Crippen LogP contribution in [0.5, 0.6) is 11.5 Å². The second-order valence-electron chi connectivity index (χ2n) is 5.52. The number of aromatic amines is 1. The van der Waals surface area contributed by atoms with E-state index >= 15 is 0 Å². The molecule has 0 aliphatic heterocycles. The molecule has 2 N–H and O–H groups in total. The van der Waals surface area contributed by atoms with Crippen LogP contribution in [0.15, 0.2) is 28.2 Å². The van der Waals surface area contributed by atoms with Crippen LogP contribution in [0.4, 0.5) is 5.95 Å². The van der Waals surface area contributed by atoms with Gasteiger partial charge in [0.05, 0.1) is 24.5 Å². The Balaban J connectivity index is 2.17. The van der Waals surface area contributed by atoms with Crippen molar-refractivity contribution < 1.29 is 9.47 Å². The van der Waals surface area contributed by atoms with Crippen molar-refractivity contribution in [2.45, 2.75) is 20.8 Å². The van der Waals surface area contributed by atoms with Gasteiger partial charge < -0.3 is 9.47 Å². The molecule has 0 amide bonds. The third kappa shape index (κ3) is 5.75. The SMILES string of the molecule is CCOc1cc(/C=N/Nc2nncc(=O)[nH]2)cc(Cl)c1OCC(C)C. The average molecular weight is 366 g/mol. The number of rotatable bonds is 8. The van der Waals surface area contributed by atoms with E-state index < -0.39 is 0 Å². The van der Waals surface area contributed by atoms with Gasteiger partial charge in [0, 0.05) is 0 Å². The lowest BCUT2D eigenvalue weighted by molar-refractivity contribution is 0.248. The van der Waals surface area contributed by atoms with Gasteiger partial charge in [-0.2, -0.15) is 5.10 Å². The van der Waals surface area contributed by atoms with Crippen molar-refractivity contribution in [3.63, 3.8) is 0 Å². The quantitative estimate of drug-likeness (QED) is 0.551. The summed E-state index contributed by atoms with van der Waals surface area (Å²) in [5.41, 5.74) is 2.91. The molecule has 0 atom stereocenters. The lowest BCUT2D eigenvalue weighted by Gasteiger charge is -2.15. The minimum Gasteiger partial charge on any atom is -0.490 e. The molecular formula is C16H20ClN5O3.